The first-order chi connectivity index (χ1) is 38.0. The van der Waals surface area contributed by atoms with Crippen LogP contribution in [0.1, 0.15) is 101 Å². The molecule has 0 aliphatic heterocycles. The number of rotatable bonds is 29. The lowest BCUT2D eigenvalue weighted by Gasteiger charge is -2.26. The van der Waals surface area contributed by atoms with E-state index in [4.69, 9.17) is 37.9 Å². The van der Waals surface area contributed by atoms with Crippen molar-refractivity contribution in [2.24, 2.45) is 28.8 Å². The largest absolute Gasteiger partial charge is 0.494 e. The number of thiazole rings is 1. The summed E-state index contributed by atoms with van der Waals surface area (Å²) in [5.41, 5.74) is 5.19. The van der Waals surface area contributed by atoms with E-state index in [1.165, 1.54) is 11.3 Å². The fraction of sp³-hybridized carbons (Fsp3) is 0.400. The number of carbonyl (C=O) groups excluding carboxylic acids is 6. The summed E-state index contributed by atoms with van der Waals surface area (Å²) in [6, 6.07) is 26.9. The van der Waals surface area contributed by atoms with Gasteiger partial charge in [-0.05, 0) is 168 Å². The number of anilines is 1. The SMILES string of the molecule is C=CC(=O)OCCCCCOc1ccc(OC(=O)C2CCC(C(=O)OCCc3ccc(OC(=O)C4CCC(C(=O)Oc5ccc(OCCCCCOC(=O)C=C)cc5)CC4)c(/C=N/Nc4nc5ccccc5s4)c3)CC2)cc1. The van der Waals surface area contributed by atoms with E-state index in [-0.39, 0.29) is 42.3 Å². The molecule has 2 saturated carbocycles. The molecule has 0 saturated heterocycles. The van der Waals surface area contributed by atoms with Crippen LogP contribution >= 0.6 is 11.3 Å². The van der Waals surface area contributed by atoms with E-state index in [9.17, 15) is 28.8 Å². The lowest BCUT2D eigenvalue weighted by atomic mass is 9.82. The Morgan fingerprint density at radius 1 is 0.538 bits per heavy atom. The van der Waals surface area contributed by atoms with Gasteiger partial charge in [0.1, 0.15) is 28.7 Å². The van der Waals surface area contributed by atoms with Gasteiger partial charge in [0, 0.05) is 24.1 Å². The molecule has 1 aromatic heterocycles. The van der Waals surface area contributed by atoms with Gasteiger partial charge in [-0.25, -0.2) is 14.6 Å². The summed E-state index contributed by atoms with van der Waals surface area (Å²) in [6.45, 7) is 8.56. The van der Waals surface area contributed by atoms with Crippen LogP contribution in [0.2, 0.25) is 0 Å². The van der Waals surface area contributed by atoms with Crippen molar-refractivity contribution < 1.29 is 66.7 Å². The standard InChI is InChI=1S/C60H67N3O14S/c1-3-54(64)72-36-11-5-9-34-70-47-24-28-49(29-25-47)75-57(67)43-18-16-42(17-19-43)56(66)74-38-33-41-15-32-52(46(39-41)40-61-63-60-62-51-13-7-8-14-53(51)78-60)77-59(69)45-22-20-44(21-23-45)58(68)76-50-30-26-48(27-31-50)71-35-10-6-12-37-73-55(65)4-2/h3-4,7-8,13-15,24-32,39-40,42-45H,1-2,5-6,9-12,16-23,33-38H2,(H,62,63)/b61-40+. The third-order valence-corrected chi connectivity index (χ3v) is 14.3. The Kier molecular flexibility index (Phi) is 22.8. The van der Waals surface area contributed by atoms with Crippen LogP contribution in [0.5, 0.6) is 28.7 Å². The Morgan fingerprint density at radius 2 is 1.01 bits per heavy atom. The number of benzene rings is 4. The topological polar surface area (TPSA) is 214 Å². The first-order valence-corrected chi connectivity index (χ1v) is 27.5. The van der Waals surface area contributed by atoms with E-state index in [0.717, 1.165) is 66.5 Å². The van der Waals surface area contributed by atoms with Crippen molar-refractivity contribution in [3.63, 3.8) is 0 Å². The second-order valence-corrected chi connectivity index (χ2v) is 20.0. The van der Waals surface area contributed by atoms with Crippen LogP contribution in [0.15, 0.2) is 121 Å². The molecule has 18 heteroatoms. The number of hydrogen-bond acceptors (Lipinski definition) is 18. The zero-order valence-corrected chi connectivity index (χ0v) is 44.6. The summed E-state index contributed by atoms with van der Waals surface area (Å²) < 4.78 is 45.7. The summed E-state index contributed by atoms with van der Waals surface area (Å²) in [7, 11) is 0. The van der Waals surface area contributed by atoms with Crippen LogP contribution in [0, 0.1) is 23.7 Å². The number of ether oxygens (including phenoxy) is 8. The monoisotopic (exact) mass is 1090 g/mol. The lowest BCUT2D eigenvalue weighted by molar-refractivity contribution is -0.152. The van der Waals surface area contributed by atoms with Crippen molar-refractivity contribution in [2.45, 2.75) is 96.3 Å². The quantitative estimate of drug-likeness (QED) is 0.00896. The van der Waals surface area contributed by atoms with Crippen molar-refractivity contribution in [3.05, 3.63) is 127 Å². The number of aromatic nitrogens is 1. The van der Waals surface area contributed by atoms with Gasteiger partial charge in [0.05, 0.1) is 73.1 Å². The summed E-state index contributed by atoms with van der Waals surface area (Å²) in [6.07, 6.45) is 12.8. The number of para-hydroxylation sites is 1. The molecule has 0 amide bonds. The number of unbranched alkanes of at least 4 members (excludes halogenated alkanes) is 4. The Hall–Kier alpha value is -7.86. The maximum Gasteiger partial charge on any atom is 0.330 e. The third-order valence-electron chi connectivity index (χ3n) is 13.4. The molecule has 0 bridgehead atoms. The number of nitrogens with one attached hydrogen (secondary N) is 1. The molecule has 0 radical (unpaired) electrons. The molecule has 7 rings (SSSR count). The van der Waals surface area contributed by atoms with E-state index >= 15 is 0 Å². The molecule has 1 N–H and O–H groups in total. The molecule has 2 aliphatic carbocycles. The fourth-order valence-electron chi connectivity index (χ4n) is 8.95. The van der Waals surface area contributed by atoms with Crippen molar-refractivity contribution >= 4 is 68.7 Å². The highest BCUT2D eigenvalue weighted by molar-refractivity contribution is 7.22. The molecule has 0 unspecified atom stereocenters. The molecule has 412 valence electrons. The van der Waals surface area contributed by atoms with Gasteiger partial charge in [-0.3, -0.25) is 24.6 Å². The second kappa shape index (κ2) is 30.8. The lowest BCUT2D eigenvalue weighted by Crippen LogP contribution is -2.30. The van der Waals surface area contributed by atoms with E-state index < -0.39 is 23.8 Å². The van der Waals surface area contributed by atoms with E-state index in [0.29, 0.717) is 124 Å². The predicted molar refractivity (Wildman–Crippen MR) is 294 cm³/mol. The molecular weight excluding hydrogens is 1020 g/mol. The summed E-state index contributed by atoms with van der Waals surface area (Å²) in [5, 5.41) is 5.04. The number of nitrogens with zero attached hydrogens (tertiary/aromatic N) is 2. The van der Waals surface area contributed by atoms with Crippen molar-refractivity contribution in [1.29, 1.82) is 0 Å². The Morgan fingerprint density at radius 3 is 1.53 bits per heavy atom. The number of hydrazone groups is 1. The predicted octanol–water partition coefficient (Wildman–Crippen LogP) is 11.1. The maximum atomic E-state index is 13.7. The minimum Gasteiger partial charge on any atom is -0.494 e. The Bertz CT molecular complexity index is 2800. The normalized spacial score (nSPS) is 17.0. The van der Waals surface area contributed by atoms with Gasteiger partial charge in [-0.15, -0.1) is 0 Å². The van der Waals surface area contributed by atoms with Crippen molar-refractivity contribution in [1.82, 2.24) is 4.98 Å². The van der Waals surface area contributed by atoms with Gasteiger partial charge in [-0.2, -0.15) is 5.10 Å². The summed E-state index contributed by atoms with van der Waals surface area (Å²) in [4.78, 5) is 80.0. The van der Waals surface area contributed by atoms with Gasteiger partial charge < -0.3 is 37.9 Å². The first kappa shape index (κ1) is 57.8. The number of esters is 6. The third kappa shape index (κ3) is 18.7. The smallest absolute Gasteiger partial charge is 0.330 e. The molecule has 2 fully saturated rings. The highest BCUT2D eigenvalue weighted by atomic mass is 32.1. The van der Waals surface area contributed by atoms with Crippen LogP contribution in [0.25, 0.3) is 10.2 Å². The van der Waals surface area contributed by atoms with E-state index in [1.807, 2.05) is 36.4 Å². The van der Waals surface area contributed by atoms with Gasteiger partial charge in [0.25, 0.3) is 0 Å². The van der Waals surface area contributed by atoms with Crippen molar-refractivity contribution in [2.75, 3.05) is 38.5 Å². The minimum absolute atomic E-state index is 0.124. The van der Waals surface area contributed by atoms with Gasteiger partial charge in [0.2, 0.25) is 5.13 Å². The molecule has 0 spiro atoms. The number of fused-ring (bicyclic) bond motifs is 1. The zero-order chi connectivity index (χ0) is 54.9. The zero-order valence-electron chi connectivity index (χ0n) is 43.8. The fourth-order valence-corrected chi connectivity index (χ4v) is 9.76. The summed E-state index contributed by atoms with van der Waals surface area (Å²) in [5.74, 6) is -1.27. The van der Waals surface area contributed by atoms with Crippen LogP contribution in [-0.4, -0.2) is 80.0 Å². The Balaban J connectivity index is 0.836. The highest BCUT2D eigenvalue weighted by Crippen LogP contribution is 2.34. The molecule has 78 heavy (non-hydrogen) atoms. The maximum absolute atomic E-state index is 13.7. The molecular formula is C60H67N3O14S. The van der Waals surface area contributed by atoms with Crippen molar-refractivity contribution in [3.8, 4) is 28.7 Å². The van der Waals surface area contributed by atoms with Crippen LogP contribution in [0.3, 0.4) is 0 Å². The van der Waals surface area contributed by atoms with Gasteiger partial charge >= 0.3 is 35.8 Å². The van der Waals surface area contributed by atoms with E-state index in [2.05, 4.69) is 28.7 Å². The van der Waals surface area contributed by atoms with Crippen LogP contribution in [0.4, 0.5) is 5.13 Å². The average Bonchev–Trinajstić information content (AvgIpc) is 3.90. The number of hydrogen-bond donors (Lipinski definition) is 1. The Labute approximate surface area is 458 Å². The average molecular weight is 1090 g/mol. The first-order valence-electron chi connectivity index (χ1n) is 26.7. The van der Waals surface area contributed by atoms with Crippen LogP contribution < -0.4 is 29.1 Å². The van der Waals surface area contributed by atoms with Crippen LogP contribution in [-0.2, 0) is 49.4 Å². The molecule has 5 aromatic rings. The number of carbonyl (C=O) groups is 6. The second-order valence-electron chi connectivity index (χ2n) is 19.0. The minimum atomic E-state index is -0.430. The van der Waals surface area contributed by atoms with Gasteiger partial charge in [0.15, 0.2) is 0 Å². The van der Waals surface area contributed by atoms with Gasteiger partial charge in [-0.1, -0.05) is 42.7 Å². The molecule has 17 nitrogen and oxygen atoms in total. The molecule has 4 aromatic carbocycles. The molecule has 2 aliphatic rings. The van der Waals surface area contributed by atoms with E-state index in [1.54, 1.807) is 60.8 Å². The molecule has 0 atom stereocenters. The summed E-state index contributed by atoms with van der Waals surface area (Å²) >= 11 is 1.45. The molecule has 1 heterocycles. The highest BCUT2D eigenvalue weighted by Gasteiger charge is 2.34.